The maximum Gasteiger partial charge on any atom is 0.294 e. The molecule has 0 saturated heterocycles. The first kappa shape index (κ1) is 23.2. The smallest absolute Gasteiger partial charge is 0.294 e. The number of hydrogen-bond donors (Lipinski definition) is 1. The van der Waals surface area contributed by atoms with E-state index < -0.39 is 23.5 Å². The second-order valence-corrected chi connectivity index (χ2v) is 8.41. The molecule has 0 radical (unpaired) electrons. The number of nitrogens with zero attached hydrogens (tertiary/aromatic N) is 1. The van der Waals surface area contributed by atoms with Crippen LogP contribution in [0.2, 0.25) is 0 Å². The van der Waals surface area contributed by atoms with Crippen molar-refractivity contribution in [1.82, 2.24) is 0 Å². The Morgan fingerprint density at radius 2 is 1.78 bits per heavy atom. The third-order valence-electron chi connectivity index (χ3n) is 6.11. The van der Waals surface area contributed by atoms with Crippen LogP contribution in [-0.4, -0.2) is 30.5 Å². The molecule has 0 fully saturated rings. The second-order valence-electron chi connectivity index (χ2n) is 8.41. The van der Waals surface area contributed by atoms with Gasteiger partial charge in [-0.25, -0.2) is 0 Å². The fraction of sp³-hybridized carbons (Fsp3) is 0.172. The molecular formula is C29H25NO6. The van der Waals surface area contributed by atoms with E-state index in [2.05, 4.69) is 0 Å². The van der Waals surface area contributed by atoms with Crippen LogP contribution >= 0.6 is 0 Å². The number of fused-ring (bicyclic) bond motifs is 1. The quantitative estimate of drug-likeness (QED) is 0.309. The zero-order valence-corrected chi connectivity index (χ0v) is 19.9. The number of benzene rings is 3. The number of amides is 1. The number of ether oxygens (including phenoxy) is 2. The molecule has 3 aromatic carbocycles. The molecule has 1 unspecified atom stereocenters. The average molecular weight is 484 g/mol. The summed E-state index contributed by atoms with van der Waals surface area (Å²) in [7, 11) is 1.52. The van der Waals surface area contributed by atoms with E-state index in [0.717, 1.165) is 6.42 Å². The zero-order chi connectivity index (χ0) is 25.2. The molecule has 0 saturated carbocycles. The van der Waals surface area contributed by atoms with E-state index in [1.54, 1.807) is 72.8 Å². The lowest BCUT2D eigenvalue weighted by Crippen LogP contribution is -2.31. The summed E-state index contributed by atoms with van der Waals surface area (Å²) in [6.07, 6.45) is 0.873. The van der Waals surface area contributed by atoms with Gasteiger partial charge >= 0.3 is 0 Å². The van der Waals surface area contributed by atoms with Crippen LogP contribution in [0.3, 0.4) is 0 Å². The molecule has 0 aliphatic carbocycles. The number of hydrogen-bond acceptors (Lipinski definition) is 6. The molecule has 36 heavy (non-hydrogen) atoms. The van der Waals surface area contributed by atoms with E-state index in [0.29, 0.717) is 40.3 Å². The molecule has 7 heteroatoms. The van der Waals surface area contributed by atoms with Gasteiger partial charge in [-0.05, 0) is 48.4 Å². The second kappa shape index (κ2) is 9.62. The van der Waals surface area contributed by atoms with E-state index in [9.17, 15) is 14.7 Å². The van der Waals surface area contributed by atoms with Crippen molar-refractivity contribution in [3.05, 3.63) is 102 Å². The topological polar surface area (TPSA) is 89.2 Å². The van der Waals surface area contributed by atoms with Gasteiger partial charge in [-0.1, -0.05) is 49.4 Å². The minimum absolute atomic E-state index is 0.00617. The first-order valence-corrected chi connectivity index (χ1v) is 11.7. The lowest BCUT2D eigenvalue weighted by molar-refractivity contribution is -0.117. The van der Waals surface area contributed by atoms with Gasteiger partial charge in [0, 0.05) is 11.1 Å². The summed E-state index contributed by atoms with van der Waals surface area (Å²) in [5.74, 6) is -0.665. The Bertz CT molecular complexity index is 1450. The summed E-state index contributed by atoms with van der Waals surface area (Å²) >= 11 is 0. The molecule has 1 atom stereocenters. The van der Waals surface area contributed by atoms with Gasteiger partial charge in [0.2, 0.25) is 5.78 Å². The van der Waals surface area contributed by atoms with Gasteiger partial charge in [0.15, 0.2) is 22.9 Å². The van der Waals surface area contributed by atoms with Gasteiger partial charge in [0.25, 0.3) is 5.91 Å². The van der Waals surface area contributed by atoms with Crippen molar-refractivity contribution in [3.8, 4) is 11.5 Å². The molecule has 1 aliphatic heterocycles. The molecule has 182 valence electrons. The molecule has 5 rings (SSSR count). The largest absolute Gasteiger partial charge is 0.503 e. The Kier molecular flexibility index (Phi) is 6.21. The van der Waals surface area contributed by atoms with Crippen molar-refractivity contribution in [1.29, 1.82) is 0 Å². The van der Waals surface area contributed by atoms with Crippen LogP contribution in [-0.2, 0) is 4.79 Å². The number of carbonyl (C=O) groups is 2. The zero-order valence-electron chi connectivity index (χ0n) is 19.9. The third-order valence-corrected chi connectivity index (χ3v) is 6.11. The van der Waals surface area contributed by atoms with Crippen molar-refractivity contribution < 1.29 is 28.6 Å². The van der Waals surface area contributed by atoms with Crippen molar-refractivity contribution in [2.75, 3.05) is 18.6 Å². The van der Waals surface area contributed by atoms with Crippen molar-refractivity contribution in [2.24, 2.45) is 0 Å². The van der Waals surface area contributed by atoms with Crippen LogP contribution in [0, 0.1) is 0 Å². The molecule has 1 N–H and O–H groups in total. The van der Waals surface area contributed by atoms with Crippen molar-refractivity contribution in [2.45, 2.75) is 19.4 Å². The summed E-state index contributed by atoms with van der Waals surface area (Å²) in [6.45, 7) is 2.60. The van der Waals surface area contributed by atoms with Gasteiger partial charge < -0.3 is 19.0 Å². The highest BCUT2D eigenvalue weighted by Crippen LogP contribution is 2.43. The number of aliphatic hydroxyl groups excluding tert-OH is 1. The Hall–Kier alpha value is -4.52. The van der Waals surface area contributed by atoms with Gasteiger partial charge in [-0.2, -0.15) is 0 Å². The van der Waals surface area contributed by atoms with E-state index in [1.807, 2.05) is 13.0 Å². The highest BCUT2D eigenvalue weighted by molar-refractivity contribution is 6.20. The van der Waals surface area contributed by atoms with Crippen LogP contribution in [0.1, 0.15) is 35.5 Å². The Labute approximate surface area is 208 Å². The number of carbonyl (C=O) groups excluding carboxylic acids is 2. The molecule has 7 nitrogen and oxygen atoms in total. The number of aliphatic hydroxyl groups is 1. The van der Waals surface area contributed by atoms with Gasteiger partial charge in [-0.15, -0.1) is 0 Å². The van der Waals surface area contributed by atoms with Gasteiger partial charge in [-0.3, -0.25) is 14.5 Å². The van der Waals surface area contributed by atoms with Crippen LogP contribution in [0.4, 0.5) is 5.69 Å². The lowest BCUT2D eigenvalue weighted by atomic mass is 9.94. The lowest BCUT2D eigenvalue weighted by Gasteiger charge is -2.27. The average Bonchev–Trinajstić information content (AvgIpc) is 3.47. The maximum absolute atomic E-state index is 13.8. The Balaban J connectivity index is 1.61. The van der Waals surface area contributed by atoms with Crippen LogP contribution < -0.4 is 14.4 Å². The first-order valence-electron chi connectivity index (χ1n) is 11.7. The predicted octanol–water partition coefficient (Wildman–Crippen LogP) is 6.01. The number of anilines is 1. The SMILES string of the molecule is CCCOc1ccc(C2C(C(=O)c3cc4cccc(OC)c4o3)=C(O)C(=O)N2c2ccccc2)cc1. The minimum atomic E-state index is -0.859. The predicted molar refractivity (Wildman–Crippen MR) is 136 cm³/mol. The molecule has 1 amide bonds. The van der Waals surface area contributed by atoms with E-state index in [4.69, 9.17) is 13.9 Å². The maximum atomic E-state index is 13.8. The summed E-state index contributed by atoms with van der Waals surface area (Å²) in [5.41, 5.74) is 1.57. The molecular weight excluding hydrogens is 458 g/mol. The monoisotopic (exact) mass is 483 g/mol. The molecule has 1 aliphatic rings. The number of para-hydroxylation sites is 2. The highest BCUT2D eigenvalue weighted by atomic mass is 16.5. The molecule has 4 aromatic rings. The third kappa shape index (κ3) is 3.98. The molecule has 1 aromatic heterocycles. The standard InChI is InChI=1S/C29H25NO6/c1-3-16-35-21-14-12-18(13-15-21)25-24(27(32)29(33)30(25)20-9-5-4-6-10-20)26(31)23-17-19-8-7-11-22(34-2)28(19)36-23/h4-15,17,25,32H,3,16H2,1-2H3. The summed E-state index contributed by atoms with van der Waals surface area (Å²) in [5, 5.41) is 11.7. The fourth-order valence-corrected chi connectivity index (χ4v) is 4.42. The van der Waals surface area contributed by atoms with Gasteiger partial charge in [0.05, 0.1) is 25.3 Å². The highest BCUT2D eigenvalue weighted by Gasteiger charge is 2.45. The van der Waals surface area contributed by atoms with Crippen molar-refractivity contribution >= 4 is 28.3 Å². The number of rotatable bonds is 8. The number of ketones is 1. The van der Waals surface area contributed by atoms with E-state index in [-0.39, 0.29) is 11.3 Å². The first-order chi connectivity index (χ1) is 17.5. The summed E-state index contributed by atoms with van der Waals surface area (Å²) < 4.78 is 16.9. The minimum Gasteiger partial charge on any atom is -0.503 e. The van der Waals surface area contributed by atoms with Crippen molar-refractivity contribution in [3.63, 3.8) is 0 Å². The Morgan fingerprint density at radius 1 is 1.03 bits per heavy atom. The van der Waals surface area contributed by atoms with E-state index >= 15 is 0 Å². The fourth-order valence-electron chi connectivity index (χ4n) is 4.42. The Morgan fingerprint density at radius 3 is 2.47 bits per heavy atom. The normalized spacial score (nSPS) is 15.6. The van der Waals surface area contributed by atoms with Gasteiger partial charge in [0.1, 0.15) is 5.75 Å². The van der Waals surface area contributed by atoms with E-state index in [1.165, 1.54) is 12.0 Å². The summed E-state index contributed by atoms with van der Waals surface area (Å²) in [6, 6.07) is 22.2. The molecule has 2 heterocycles. The van der Waals surface area contributed by atoms with Crippen LogP contribution in [0.5, 0.6) is 11.5 Å². The molecule has 0 spiro atoms. The van der Waals surface area contributed by atoms with Crippen LogP contribution in [0.25, 0.3) is 11.0 Å². The van der Waals surface area contributed by atoms with Crippen LogP contribution in [0.15, 0.2) is 94.6 Å². The number of furan rings is 1. The summed E-state index contributed by atoms with van der Waals surface area (Å²) in [4.78, 5) is 28.5. The number of methoxy groups -OCH3 is 1. The number of Topliss-reactive ketones (excluding diaryl/α,β-unsaturated/α-hetero) is 1. The molecule has 0 bridgehead atoms.